The number of hydrogen-bond acceptors (Lipinski definition) is 2. The van der Waals surface area contributed by atoms with E-state index in [9.17, 15) is 0 Å². The number of H-pyrrole nitrogens is 1. The van der Waals surface area contributed by atoms with Crippen molar-refractivity contribution in [2.75, 3.05) is 6.54 Å². The fourth-order valence-corrected chi connectivity index (χ4v) is 4.31. The second kappa shape index (κ2) is 8.00. The van der Waals surface area contributed by atoms with Gasteiger partial charge in [-0.15, -0.1) is 11.3 Å². The number of aryl methyl sites for hydroxylation is 3. The summed E-state index contributed by atoms with van der Waals surface area (Å²) in [5, 5.41) is 3.59. The standard InChI is InChI=1S/C21H28N2S/c1-3-4-7-16-9-10-19-18(14-16)17(8-5-6-12-22)20(23-19)21-15(2)11-13-24-21/h9-11,13-14,23H,3-8,12,22H2,1-2H3. The molecule has 0 aliphatic heterocycles. The summed E-state index contributed by atoms with van der Waals surface area (Å²) in [6.07, 6.45) is 7.02. The summed E-state index contributed by atoms with van der Waals surface area (Å²) in [4.78, 5) is 5.08. The lowest BCUT2D eigenvalue weighted by atomic mass is 9.99. The lowest BCUT2D eigenvalue weighted by molar-refractivity contribution is 0.748. The van der Waals surface area contributed by atoms with E-state index in [2.05, 4.69) is 48.5 Å². The summed E-state index contributed by atoms with van der Waals surface area (Å²) in [6, 6.07) is 9.16. The molecule has 128 valence electrons. The van der Waals surface area contributed by atoms with Crippen LogP contribution in [0.1, 0.15) is 49.3 Å². The first-order chi connectivity index (χ1) is 11.7. The maximum atomic E-state index is 5.71. The Morgan fingerprint density at radius 3 is 2.67 bits per heavy atom. The minimum atomic E-state index is 0.775. The predicted octanol–water partition coefficient (Wildman–Crippen LogP) is 5.83. The molecule has 0 radical (unpaired) electrons. The van der Waals surface area contributed by atoms with Gasteiger partial charge in [-0.2, -0.15) is 0 Å². The number of hydrogen-bond donors (Lipinski definition) is 2. The third-order valence-electron chi connectivity index (χ3n) is 4.76. The highest BCUT2D eigenvalue weighted by Gasteiger charge is 2.15. The molecule has 2 nitrogen and oxygen atoms in total. The van der Waals surface area contributed by atoms with Gasteiger partial charge in [0, 0.05) is 10.9 Å². The number of aromatic nitrogens is 1. The molecule has 0 bridgehead atoms. The van der Waals surface area contributed by atoms with E-state index in [4.69, 9.17) is 5.73 Å². The summed E-state index contributed by atoms with van der Waals surface area (Å²) in [7, 11) is 0. The third-order valence-corrected chi connectivity index (χ3v) is 5.79. The quantitative estimate of drug-likeness (QED) is 0.498. The average Bonchev–Trinajstić information content (AvgIpc) is 3.16. The molecule has 0 saturated carbocycles. The van der Waals surface area contributed by atoms with Crippen LogP contribution < -0.4 is 5.73 Å². The van der Waals surface area contributed by atoms with Crippen LogP contribution in [-0.4, -0.2) is 11.5 Å². The maximum absolute atomic E-state index is 5.71. The number of nitrogens with one attached hydrogen (secondary N) is 1. The topological polar surface area (TPSA) is 41.8 Å². The van der Waals surface area contributed by atoms with Crippen LogP contribution in [0.15, 0.2) is 29.6 Å². The molecule has 3 N–H and O–H groups in total. The molecule has 24 heavy (non-hydrogen) atoms. The highest BCUT2D eigenvalue weighted by molar-refractivity contribution is 7.13. The molecule has 3 aromatic rings. The van der Waals surface area contributed by atoms with Gasteiger partial charge in [0.25, 0.3) is 0 Å². The Labute approximate surface area is 149 Å². The molecule has 0 spiro atoms. The van der Waals surface area contributed by atoms with Gasteiger partial charge in [0.2, 0.25) is 0 Å². The molecule has 0 saturated heterocycles. The zero-order valence-electron chi connectivity index (χ0n) is 14.8. The largest absolute Gasteiger partial charge is 0.354 e. The lowest BCUT2D eigenvalue weighted by Crippen LogP contribution is -1.99. The van der Waals surface area contributed by atoms with Crippen molar-refractivity contribution in [3.63, 3.8) is 0 Å². The van der Waals surface area contributed by atoms with Crippen LogP contribution in [0, 0.1) is 6.92 Å². The van der Waals surface area contributed by atoms with E-state index < -0.39 is 0 Å². The van der Waals surface area contributed by atoms with Crippen molar-refractivity contribution in [2.24, 2.45) is 5.73 Å². The molecule has 3 rings (SSSR count). The zero-order valence-corrected chi connectivity index (χ0v) is 15.6. The maximum Gasteiger partial charge on any atom is 0.0601 e. The number of unbranched alkanes of at least 4 members (excludes halogenated alkanes) is 2. The highest BCUT2D eigenvalue weighted by Crippen LogP contribution is 2.36. The number of thiophene rings is 1. The van der Waals surface area contributed by atoms with Gasteiger partial charge < -0.3 is 10.7 Å². The number of aromatic amines is 1. The van der Waals surface area contributed by atoms with Crippen molar-refractivity contribution in [1.82, 2.24) is 4.98 Å². The van der Waals surface area contributed by atoms with Crippen molar-refractivity contribution >= 4 is 22.2 Å². The summed E-state index contributed by atoms with van der Waals surface area (Å²) < 4.78 is 0. The molecule has 2 aromatic heterocycles. The highest BCUT2D eigenvalue weighted by atomic mass is 32.1. The van der Waals surface area contributed by atoms with Crippen molar-refractivity contribution in [2.45, 2.75) is 52.4 Å². The van der Waals surface area contributed by atoms with E-state index in [1.165, 1.54) is 57.4 Å². The Balaban J connectivity index is 2.05. The molecular formula is C21H28N2S. The van der Waals surface area contributed by atoms with Crippen LogP contribution in [0.2, 0.25) is 0 Å². The first kappa shape index (κ1) is 17.2. The number of nitrogens with two attached hydrogens (primary N) is 1. The van der Waals surface area contributed by atoms with Crippen LogP contribution in [-0.2, 0) is 12.8 Å². The average molecular weight is 341 g/mol. The zero-order chi connectivity index (χ0) is 16.9. The summed E-state index contributed by atoms with van der Waals surface area (Å²) in [5.41, 5.74) is 12.6. The molecule has 0 atom stereocenters. The van der Waals surface area contributed by atoms with E-state index in [1.54, 1.807) is 0 Å². The first-order valence-electron chi connectivity index (χ1n) is 9.12. The minimum Gasteiger partial charge on any atom is -0.354 e. The van der Waals surface area contributed by atoms with Crippen LogP contribution in [0.25, 0.3) is 21.5 Å². The van der Waals surface area contributed by atoms with Gasteiger partial charge in [0.1, 0.15) is 0 Å². The molecular weight excluding hydrogens is 312 g/mol. The van der Waals surface area contributed by atoms with Gasteiger partial charge in [-0.3, -0.25) is 0 Å². The Morgan fingerprint density at radius 2 is 1.96 bits per heavy atom. The second-order valence-corrected chi connectivity index (χ2v) is 7.56. The van der Waals surface area contributed by atoms with Crippen LogP contribution in [0.3, 0.4) is 0 Å². The van der Waals surface area contributed by atoms with E-state index >= 15 is 0 Å². The van der Waals surface area contributed by atoms with Gasteiger partial charge >= 0.3 is 0 Å². The van der Waals surface area contributed by atoms with Crippen molar-refractivity contribution in [1.29, 1.82) is 0 Å². The molecule has 0 aliphatic carbocycles. The fraction of sp³-hybridized carbons (Fsp3) is 0.429. The summed E-state index contributed by atoms with van der Waals surface area (Å²) >= 11 is 1.83. The normalized spacial score (nSPS) is 11.5. The van der Waals surface area contributed by atoms with Gasteiger partial charge in [-0.25, -0.2) is 0 Å². The lowest BCUT2D eigenvalue weighted by Gasteiger charge is -2.05. The Morgan fingerprint density at radius 1 is 1.08 bits per heavy atom. The molecule has 0 aliphatic rings. The monoisotopic (exact) mass is 340 g/mol. The van der Waals surface area contributed by atoms with Gasteiger partial charge in [-0.1, -0.05) is 19.4 Å². The van der Waals surface area contributed by atoms with E-state index in [-0.39, 0.29) is 0 Å². The molecule has 0 amide bonds. The summed E-state index contributed by atoms with van der Waals surface area (Å²) in [6.45, 7) is 5.23. The molecule has 0 unspecified atom stereocenters. The van der Waals surface area contributed by atoms with Crippen molar-refractivity contribution in [3.8, 4) is 10.6 Å². The predicted molar refractivity (Wildman–Crippen MR) is 107 cm³/mol. The molecule has 0 fully saturated rings. The second-order valence-electron chi connectivity index (χ2n) is 6.64. The van der Waals surface area contributed by atoms with Gasteiger partial charge in [0.05, 0.1) is 10.6 Å². The van der Waals surface area contributed by atoms with Crippen molar-refractivity contribution < 1.29 is 0 Å². The van der Waals surface area contributed by atoms with Gasteiger partial charge in [-0.05, 0) is 85.8 Å². The molecule has 2 heterocycles. The van der Waals surface area contributed by atoms with Crippen LogP contribution in [0.5, 0.6) is 0 Å². The van der Waals surface area contributed by atoms with Gasteiger partial charge in [0.15, 0.2) is 0 Å². The fourth-order valence-electron chi connectivity index (χ4n) is 3.36. The minimum absolute atomic E-state index is 0.775. The SMILES string of the molecule is CCCCc1ccc2[nH]c(-c3sccc3C)c(CCCCN)c2c1. The molecule has 3 heteroatoms. The van der Waals surface area contributed by atoms with E-state index in [0.29, 0.717) is 0 Å². The third kappa shape index (κ3) is 3.57. The first-order valence-corrected chi connectivity index (χ1v) is 10.0. The Kier molecular flexibility index (Phi) is 5.75. The summed E-state index contributed by atoms with van der Waals surface area (Å²) in [5.74, 6) is 0. The number of rotatable bonds is 8. The number of fused-ring (bicyclic) bond motifs is 1. The van der Waals surface area contributed by atoms with Crippen LogP contribution >= 0.6 is 11.3 Å². The number of benzene rings is 1. The Bertz CT molecular complexity index is 797. The van der Waals surface area contributed by atoms with Crippen LogP contribution in [0.4, 0.5) is 0 Å². The van der Waals surface area contributed by atoms with Crippen molar-refractivity contribution in [3.05, 3.63) is 46.3 Å². The van der Waals surface area contributed by atoms with E-state index in [1.807, 2.05) is 11.3 Å². The smallest absolute Gasteiger partial charge is 0.0601 e. The Hall–Kier alpha value is -1.58. The van der Waals surface area contributed by atoms with E-state index in [0.717, 1.165) is 25.8 Å². The molecule has 1 aromatic carbocycles.